The molecule has 1 fully saturated rings. The lowest BCUT2D eigenvalue weighted by Gasteiger charge is -2.27. The predicted molar refractivity (Wildman–Crippen MR) is 67.3 cm³/mol. The van der Waals surface area contributed by atoms with Crippen LogP contribution in [-0.4, -0.2) is 26.7 Å². The maximum Gasteiger partial charge on any atom is 0.0205 e. The zero-order valence-corrected chi connectivity index (χ0v) is 9.92. The molecule has 3 heteroatoms. The molecule has 3 nitrogen and oxygen atoms in total. The molecule has 1 saturated heterocycles. The summed E-state index contributed by atoms with van der Waals surface area (Å²) in [7, 11) is 1.98. The molecule has 0 aromatic heterocycles. The van der Waals surface area contributed by atoms with E-state index in [1.165, 1.54) is 24.2 Å². The van der Waals surface area contributed by atoms with Crippen LogP contribution >= 0.6 is 0 Å². The van der Waals surface area contributed by atoms with Gasteiger partial charge in [0.2, 0.25) is 0 Å². The molecule has 1 aliphatic heterocycles. The van der Waals surface area contributed by atoms with Crippen molar-refractivity contribution in [2.24, 2.45) is 5.92 Å². The third-order valence-corrected chi connectivity index (χ3v) is 3.00. The summed E-state index contributed by atoms with van der Waals surface area (Å²) in [6, 6.07) is 8.75. The van der Waals surface area contributed by atoms with E-state index < -0.39 is 0 Å². The van der Waals surface area contributed by atoms with Crippen LogP contribution in [0, 0.1) is 5.92 Å². The summed E-state index contributed by atoms with van der Waals surface area (Å²) in [6.45, 7) is 5.40. The lowest BCUT2D eigenvalue weighted by molar-refractivity contribution is 0.331. The van der Waals surface area contributed by atoms with E-state index in [4.69, 9.17) is 0 Å². The molecule has 0 atom stereocenters. The fourth-order valence-corrected chi connectivity index (χ4v) is 1.97. The van der Waals surface area contributed by atoms with Crippen LogP contribution in [0.1, 0.15) is 11.1 Å². The third kappa shape index (κ3) is 3.30. The van der Waals surface area contributed by atoms with Crippen LogP contribution in [0.5, 0.6) is 0 Å². The molecule has 1 aliphatic rings. The van der Waals surface area contributed by atoms with Gasteiger partial charge in [-0.25, -0.2) is 0 Å². The first-order chi connectivity index (χ1) is 7.88. The second-order valence-corrected chi connectivity index (χ2v) is 4.51. The Morgan fingerprint density at radius 1 is 1.25 bits per heavy atom. The molecular formula is C13H21N3. The van der Waals surface area contributed by atoms with Gasteiger partial charge in [0.1, 0.15) is 0 Å². The average molecular weight is 219 g/mol. The molecule has 0 saturated carbocycles. The Labute approximate surface area is 97.6 Å². The van der Waals surface area contributed by atoms with E-state index in [0.29, 0.717) is 0 Å². The Kier molecular flexibility index (Phi) is 4.34. The van der Waals surface area contributed by atoms with Crippen molar-refractivity contribution >= 4 is 0 Å². The minimum absolute atomic E-state index is 0.834. The summed E-state index contributed by atoms with van der Waals surface area (Å²) in [5.74, 6) is 0.834. The van der Waals surface area contributed by atoms with Crippen LogP contribution < -0.4 is 16.0 Å². The fourth-order valence-electron chi connectivity index (χ4n) is 1.97. The number of nitrogens with one attached hydrogen (secondary N) is 3. The summed E-state index contributed by atoms with van der Waals surface area (Å²) in [4.78, 5) is 0. The molecule has 1 aromatic rings. The first-order valence-corrected chi connectivity index (χ1v) is 6.02. The standard InChI is InChI=1S/C13H21N3/c1-14-6-11-3-2-4-12(5-11)7-15-8-13-9-16-10-13/h2-5,13-16H,6-10H2,1H3. The Hall–Kier alpha value is -0.900. The summed E-state index contributed by atoms with van der Waals surface area (Å²) in [6.07, 6.45) is 0. The van der Waals surface area contributed by atoms with Crippen LogP contribution in [0.3, 0.4) is 0 Å². The normalized spacial score (nSPS) is 16.1. The lowest BCUT2D eigenvalue weighted by atomic mass is 10.0. The minimum atomic E-state index is 0.834. The number of hydrogen-bond donors (Lipinski definition) is 3. The van der Waals surface area contributed by atoms with Gasteiger partial charge < -0.3 is 16.0 Å². The van der Waals surface area contributed by atoms with E-state index in [2.05, 4.69) is 40.2 Å². The molecule has 0 radical (unpaired) electrons. The topological polar surface area (TPSA) is 36.1 Å². The van der Waals surface area contributed by atoms with Crippen molar-refractivity contribution in [1.82, 2.24) is 16.0 Å². The van der Waals surface area contributed by atoms with Gasteiger partial charge in [-0.15, -0.1) is 0 Å². The number of benzene rings is 1. The van der Waals surface area contributed by atoms with Crippen molar-refractivity contribution in [2.45, 2.75) is 13.1 Å². The van der Waals surface area contributed by atoms with Crippen molar-refractivity contribution in [3.05, 3.63) is 35.4 Å². The van der Waals surface area contributed by atoms with E-state index in [1.54, 1.807) is 0 Å². The Bertz CT molecular complexity index is 321. The summed E-state index contributed by atoms with van der Waals surface area (Å²) < 4.78 is 0. The molecule has 1 heterocycles. The Morgan fingerprint density at radius 3 is 2.62 bits per heavy atom. The smallest absolute Gasteiger partial charge is 0.0205 e. The van der Waals surface area contributed by atoms with Crippen molar-refractivity contribution in [1.29, 1.82) is 0 Å². The maximum atomic E-state index is 3.51. The van der Waals surface area contributed by atoms with E-state index in [9.17, 15) is 0 Å². The second kappa shape index (κ2) is 5.99. The monoisotopic (exact) mass is 219 g/mol. The van der Waals surface area contributed by atoms with Crippen molar-refractivity contribution in [3.8, 4) is 0 Å². The Balaban J connectivity index is 1.76. The summed E-state index contributed by atoms with van der Waals surface area (Å²) in [5, 5.41) is 9.98. The van der Waals surface area contributed by atoms with E-state index in [-0.39, 0.29) is 0 Å². The first kappa shape index (κ1) is 11.6. The fraction of sp³-hybridized carbons (Fsp3) is 0.538. The highest BCUT2D eigenvalue weighted by Crippen LogP contribution is 2.06. The molecular weight excluding hydrogens is 198 g/mol. The van der Waals surface area contributed by atoms with Crippen LogP contribution in [0.25, 0.3) is 0 Å². The quantitative estimate of drug-likeness (QED) is 0.659. The molecule has 0 bridgehead atoms. The molecule has 0 aliphatic carbocycles. The third-order valence-electron chi connectivity index (χ3n) is 3.00. The molecule has 3 N–H and O–H groups in total. The SMILES string of the molecule is CNCc1cccc(CNCC2CNC2)c1. The van der Waals surface area contributed by atoms with Crippen LogP contribution in [-0.2, 0) is 13.1 Å². The largest absolute Gasteiger partial charge is 0.316 e. The highest BCUT2D eigenvalue weighted by atomic mass is 15.0. The first-order valence-electron chi connectivity index (χ1n) is 6.02. The van der Waals surface area contributed by atoms with Gasteiger partial charge in [-0.3, -0.25) is 0 Å². The molecule has 0 amide bonds. The van der Waals surface area contributed by atoms with Crippen LogP contribution in [0.15, 0.2) is 24.3 Å². The van der Waals surface area contributed by atoms with Gasteiger partial charge in [-0.1, -0.05) is 24.3 Å². The van der Waals surface area contributed by atoms with E-state index in [1.807, 2.05) is 7.05 Å². The van der Waals surface area contributed by atoms with Gasteiger partial charge in [0.05, 0.1) is 0 Å². The second-order valence-electron chi connectivity index (χ2n) is 4.51. The molecule has 0 unspecified atom stereocenters. The molecule has 1 aromatic carbocycles. The number of hydrogen-bond acceptors (Lipinski definition) is 3. The van der Waals surface area contributed by atoms with E-state index >= 15 is 0 Å². The highest BCUT2D eigenvalue weighted by molar-refractivity contribution is 5.23. The molecule has 16 heavy (non-hydrogen) atoms. The van der Waals surface area contributed by atoms with Gasteiger partial charge in [-0.05, 0) is 24.1 Å². The van der Waals surface area contributed by atoms with Crippen LogP contribution in [0.4, 0.5) is 0 Å². The Morgan fingerprint density at radius 2 is 2.00 bits per heavy atom. The predicted octanol–water partition coefficient (Wildman–Crippen LogP) is 0.715. The van der Waals surface area contributed by atoms with Gasteiger partial charge >= 0.3 is 0 Å². The number of rotatable bonds is 6. The average Bonchev–Trinajstić information content (AvgIpc) is 2.23. The van der Waals surface area contributed by atoms with Crippen LogP contribution in [0.2, 0.25) is 0 Å². The lowest BCUT2D eigenvalue weighted by Crippen LogP contribution is -2.47. The van der Waals surface area contributed by atoms with Crippen molar-refractivity contribution < 1.29 is 0 Å². The zero-order chi connectivity index (χ0) is 11.2. The molecule has 2 rings (SSSR count). The molecule has 88 valence electrons. The van der Waals surface area contributed by atoms with Gasteiger partial charge in [0.25, 0.3) is 0 Å². The van der Waals surface area contributed by atoms with Crippen molar-refractivity contribution in [2.75, 3.05) is 26.7 Å². The summed E-state index contributed by atoms with van der Waals surface area (Å²) >= 11 is 0. The van der Waals surface area contributed by atoms with Gasteiger partial charge in [0.15, 0.2) is 0 Å². The highest BCUT2D eigenvalue weighted by Gasteiger charge is 2.15. The zero-order valence-electron chi connectivity index (χ0n) is 9.92. The maximum absolute atomic E-state index is 3.51. The van der Waals surface area contributed by atoms with Crippen molar-refractivity contribution in [3.63, 3.8) is 0 Å². The minimum Gasteiger partial charge on any atom is -0.316 e. The van der Waals surface area contributed by atoms with Gasteiger partial charge in [-0.2, -0.15) is 0 Å². The van der Waals surface area contributed by atoms with Gasteiger partial charge in [0, 0.05) is 32.7 Å². The summed E-state index contributed by atoms with van der Waals surface area (Å²) in [5.41, 5.74) is 2.73. The van der Waals surface area contributed by atoms with E-state index in [0.717, 1.165) is 25.6 Å². The molecule has 0 spiro atoms.